The molecule has 1 saturated heterocycles. The SMILES string of the molecule is Brc1ccnc(N2CCCOC2)c1. The van der Waals surface area contributed by atoms with E-state index in [-0.39, 0.29) is 0 Å². The summed E-state index contributed by atoms with van der Waals surface area (Å²) in [6, 6.07) is 3.93. The van der Waals surface area contributed by atoms with Gasteiger partial charge in [0.15, 0.2) is 0 Å². The lowest BCUT2D eigenvalue weighted by Crippen LogP contribution is -2.33. The first-order valence-corrected chi connectivity index (χ1v) is 5.10. The van der Waals surface area contributed by atoms with E-state index in [0.717, 1.165) is 29.9 Å². The summed E-state index contributed by atoms with van der Waals surface area (Å²) in [6.07, 6.45) is 2.88. The van der Waals surface area contributed by atoms with E-state index in [2.05, 4.69) is 25.8 Å². The molecule has 2 heterocycles. The lowest BCUT2D eigenvalue weighted by molar-refractivity contribution is 0.106. The minimum absolute atomic E-state index is 0.656. The Morgan fingerprint density at radius 3 is 3.15 bits per heavy atom. The number of ether oxygens (including phenoxy) is 1. The number of rotatable bonds is 1. The van der Waals surface area contributed by atoms with Crippen molar-refractivity contribution in [3.8, 4) is 0 Å². The molecule has 1 aromatic heterocycles. The van der Waals surface area contributed by atoms with Gasteiger partial charge in [-0.15, -0.1) is 0 Å². The van der Waals surface area contributed by atoms with Crippen LogP contribution in [0.25, 0.3) is 0 Å². The fraction of sp³-hybridized carbons (Fsp3) is 0.444. The Bertz CT molecular complexity index is 287. The van der Waals surface area contributed by atoms with Gasteiger partial charge in [-0.25, -0.2) is 4.98 Å². The molecular weight excluding hydrogens is 232 g/mol. The molecule has 0 saturated carbocycles. The summed E-state index contributed by atoms with van der Waals surface area (Å²) in [5.74, 6) is 0.981. The lowest BCUT2D eigenvalue weighted by atomic mass is 10.3. The molecule has 1 aliphatic heterocycles. The first-order chi connectivity index (χ1) is 6.36. The first-order valence-electron chi connectivity index (χ1n) is 4.30. The van der Waals surface area contributed by atoms with E-state index in [1.807, 2.05) is 12.1 Å². The number of halogens is 1. The molecule has 1 fully saturated rings. The Hall–Kier alpha value is -0.610. The lowest BCUT2D eigenvalue weighted by Gasteiger charge is -2.27. The molecule has 2 rings (SSSR count). The molecule has 4 heteroatoms. The number of nitrogens with zero attached hydrogens (tertiary/aromatic N) is 2. The predicted octanol–water partition coefficient (Wildman–Crippen LogP) is 2.03. The number of hydrogen-bond acceptors (Lipinski definition) is 3. The van der Waals surface area contributed by atoms with Crippen molar-refractivity contribution in [3.63, 3.8) is 0 Å². The van der Waals surface area contributed by atoms with E-state index in [1.165, 1.54) is 0 Å². The van der Waals surface area contributed by atoms with E-state index in [9.17, 15) is 0 Å². The minimum Gasteiger partial charge on any atom is -0.361 e. The highest BCUT2D eigenvalue weighted by atomic mass is 79.9. The van der Waals surface area contributed by atoms with Crippen LogP contribution in [0.1, 0.15) is 6.42 Å². The third-order valence-electron chi connectivity index (χ3n) is 2.00. The molecule has 0 aliphatic carbocycles. The summed E-state index contributed by atoms with van der Waals surface area (Å²) in [5.41, 5.74) is 0. The van der Waals surface area contributed by atoms with Crippen LogP contribution in [-0.2, 0) is 4.74 Å². The van der Waals surface area contributed by atoms with Crippen molar-refractivity contribution in [1.82, 2.24) is 4.98 Å². The second-order valence-electron chi connectivity index (χ2n) is 2.99. The molecule has 70 valence electrons. The molecule has 0 N–H and O–H groups in total. The topological polar surface area (TPSA) is 25.4 Å². The number of anilines is 1. The summed E-state index contributed by atoms with van der Waals surface area (Å²) in [7, 11) is 0. The third-order valence-corrected chi connectivity index (χ3v) is 2.49. The van der Waals surface area contributed by atoms with E-state index in [0.29, 0.717) is 6.73 Å². The Morgan fingerprint density at radius 2 is 2.46 bits per heavy atom. The number of pyridine rings is 1. The maximum absolute atomic E-state index is 5.35. The smallest absolute Gasteiger partial charge is 0.131 e. The van der Waals surface area contributed by atoms with Crippen molar-refractivity contribution >= 4 is 21.7 Å². The van der Waals surface area contributed by atoms with Crippen LogP contribution in [0.3, 0.4) is 0 Å². The van der Waals surface area contributed by atoms with Gasteiger partial charge in [-0.1, -0.05) is 15.9 Å². The van der Waals surface area contributed by atoms with Crippen molar-refractivity contribution in [2.24, 2.45) is 0 Å². The van der Waals surface area contributed by atoms with Gasteiger partial charge in [0.1, 0.15) is 12.5 Å². The summed E-state index contributed by atoms with van der Waals surface area (Å²) >= 11 is 3.42. The van der Waals surface area contributed by atoms with Crippen LogP contribution in [-0.4, -0.2) is 24.9 Å². The zero-order chi connectivity index (χ0) is 9.10. The molecule has 1 aromatic rings. The summed E-state index contributed by atoms with van der Waals surface area (Å²) in [4.78, 5) is 6.41. The fourth-order valence-electron chi connectivity index (χ4n) is 1.34. The largest absolute Gasteiger partial charge is 0.361 e. The molecule has 13 heavy (non-hydrogen) atoms. The van der Waals surface area contributed by atoms with Gasteiger partial charge in [0.05, 0.1) is 6.61 Å². The van der Waals surface area contributed by atoms with E-state index >= 15 is 0 Å². The van der Waals surface area contributed by atoms with Gasteiger partial charge >= 0.3 is 0 Å². The minimum atomic E-state index is 0.656. The zero-order valence-corrected chi connectivity index (χ0v) is 8.83. The highest BCUT2D eigenvalue weighted by Crippen LogP contribution is 2.18. The Labute approximate surface area is 85.8 Å². The van der Waals surface area contributed by atoms with Gasteiger partial charge in [0.25, 0.3) is 0 Å². The van der Waals surface area contributed by atoms with Crippen LogP contribution in [0.5, 0.6) is 0 Å². The average Bonchev–Trinajstić information content (AvgIpc) is 2.19. The predicted molar refractivity (Wildman–Crippen MR) is 54.7 cm³/mol. The molecule has 1 aliphatic rings. The van der Waals surface area contributed by atoms with E-state index < -0.39 is 0 Å². The monoisotopic (exact) mass is 242 g/mol. The van der Waals surface area contributed by atoms with Gasteiger partial charge in [0.2, 0.25) is 0 Å². The van der Waals surface area contributed by atoms with E-state index in [4.69, 9.17) is 4.74 Å². The Morgan fingerprint density at radius 1 is 1.54 bits per heavy atom. The molecule has 0 radical (unpaired) electrons. The molecule has 0 aromatic carbocycles. The maximum Gasteiger partial charge on any atom is 0.131 e. The standard InChI is InChI=1S/C9H11BrN2O/c10-8-2-3-11-9(6-8)12-4-1-5-13-7-12/h2-3,6H,1,4-5,7H2. The highest BCUT2D eigenvalue weighted by Gasteiger charge is 2.11. The molecule has 0 spiro atoms. The quantitative estimate of drug-likeness (QED) is 0.754. The van der Waals surface area contributed by atoms with Gasteiger partial charge in [-0.2, -0.15) is 0 Å². The number of hydrogen-bond donors (Lipinski definition) is 0. The van der Waals surface area contributed by atoms with Crippen LogP contribution in [0.15, 0.2) is 22.8 Å². The molecular formula is C9H11BrN2O. The average molecular weight is 243 g/mol. The molecule has 0 bridgehead atoms. The van der Waals surface area contributed by atoms with Crippen molar-refractivity contribution in [2.75, 3.05) is 24.8 Å². The second-order valence-corrected chi connectivity index (χ2v) is 3.90. The maximum atomic E-state index is 5.35. The molecule has 0 unspecified atom stereocenters. The Balaban J connectivity index is 2.14. The normalized spacial score (nSPS) is 17.5. The summed E-state index contributed by atoms with van der Waals surface area (Å²) < 4.78 is 6.41. The van der Waals surface area contributed by atoms with Crippen LogP contribution < -0.4 is 4.90 Å². The molecule has 0 atom stereocenters. The first kappa shape index (κ1) is 8.97. The van der Waals surface area contributed by atoms with Crippen LogP contribution in [0.4, 0.5) is 5.82 Å². The highest BCUT2D eigenvalue weighted by molar-refractivity contribution is 9.10. The van der Waals surface area contributed by atoms with Gasteiger partial charge < -0.3 is 9.64 Å². The summed E-state index contributed by atoms with van der Waals surface area (Å²) in [5, 5.41) is 0. The van der Waals surface area contributed by atoms with Crippen molar-refractivity contribution in [1.29, 1.82) is 0 Å². The second kappa shape index (κ2) is 4.07. The van der Waals surface area contributed by atoms with Crippen molar-refractivity contribution in [2.45, 2.75) is 6.42 Å². The molecule has 0 amide bonds. The van der Waals surface area contributed by atoms with Gasteiger partial charge in [0, 0.05) is 17.2 Å². The van der Waals surface area contributed by atoms with Crippen LogP contribution >= 0.6 is 15.9 Å². The molecule has 3 nitrogen and oxygen atoms in total. The fourth-order valence-corrected chi connectivity index (χ4v) is 1.67. The van der Waals surface area contributed by atoms with Crippen LogP contribution in [0.2, 0.25) is 0 Å². The van der Waals surface area contributed by atoms with Crippen molar-refractivity contribution in [3.05, 3.63) is 22.8 Å². The van der Waals surface area contributed by atoms with E-state index in [1.54, 1.807) is 6.20 Å². The van der Waals surface area contributed by atoms with Gasteiger partial charge in [-0.05, 0) is 18.6 Å². The zero-order valence-electron chi connectivity index (χ0n) is 7.24. The number of aromatic nitrogens is 1. The van der Waals surface area contributed by atoms with Crippen LogP contribution in [0, 0.1) is 0 Å². The summed E-state index contributed by atoms with van der Waals surface area (Å²) in [6.45, 7) is 2.55. The third kappa shape index (κ3) is 2.19. The van der Waals surface area contributed by atoms with Crippen molar-refractivity contribution < 1.29 is 4.74 Å². The van der Waals surface area contributed by atoms with Gasteiger partial charge in [-0.3, -0.25) is 0 Å². The Kier molecular flexibility index (Phi) is 2.80.